The number of sulfonamides is 1. The van der Waals surface area contributed by atoms with Crippen LogP contribution in [0.2, 0.25) is 0 Å². The second kappa shape index (κ2) is 9.48. The van der Waals surface area contributed by atoms with Crippen LogP contribution in [0, 0.1) is 0 Å². The van der Waals surface area contributed by atoms with E-state index in [-0.39, 0.29) is 29.7 Å². The average Bonchev–Trinajstić information content (AvgIpc) is 3.18. The van der Waals surface area contributed by atoms with E-state index in [0.717, 1.165) is 6.26 Å². The Morgan fingerprint density at radius 2 is 2.03 bits per heavy atom. The van der Waals surface area contributed by atoms with Gasteiger partial charge in [0.1, 0.15) is 18.6 Å². The summed E-state index contributed by atoms with van der Waals surface area (Å²) in [7, 11) is -3.65. The van der Waals surface area contributed by atoms with Crippen molar-refractivity contribution in [3.05, 3.63) is 18.1 Å². The van der Waals surface area contributed by atoms with Gasteiger partial charge >= 0.3 is 12.2 Å². The number of imide groups is 1. The molecule has 0 radical (unpaired) electrons. The predicted molar refractivity (Wildman–Crippen MR) is 94.6 cm³/mol. The third kappa shape index (κ3) is 7.93. The minimum absolute atomic E-state index is 0.00796. The van der Waals surface area contributed by atoms with Gasteiger partial charge in [-0.1, -0.05) is 6.42 Å². The zero-order valence-corrected chi connectivity index (χ0v) is 16.4. The summed E-state index contributed by atoms with van der Waals surface area (Å²) in [6.07, 6.45) is -2.10. The van der Waals surface area contributed by atoms with Gasteiger partial charge < -0.3 is 14.1 Å². The molecule has 0 unspecified atom stereocenters. The molecule has 1 aromatic heterocycles. The zero-order valence-electron chi connectivity index (χ0n) is 15.6. The highest BCUT2D eigenvalue weighted by Crippen LogP contribution is 2.24. The van der Waals surface area contributed by atoms with Gasteiger partial charge in [0, 0.05) is 12.6 Å². The van der Waals surface area contributed by atoms with Crippen molar-refractivity contribution in [3.8, 4) is 5.75 Å². The van der Waals surface area contributed by atoms with Crippen molar-refractivity contribution in [2.24, 2.45) is 0 Å². The van der Waals surface area contributed by atoms with Crippen molar-refractivity contribution < 1.29 is 40.3 Å². The number of hydrogen-bond donors (Lipinski definition) is 2. The molecule has 0 bridgehead atoms. The summed E-state index contributed by atoms with van der Waals surface area (Å²) >= 11 is 0. The van der Waals surface area contributed by atoms with Crippen molar-refractivity contribution in [1.29, 1.82) is 0 Å². The molecular formula is C16H22F3N3O6S. The summed E-state index contributed by atoms with van der Waals surface area (Å²) in [6.45, 7) is 0.384. The highest BCUT2D eigenvalue weighted by molar-refractivity contribution is 7.89. The van der Waals surface area contributed by atoms with E-state index in [2.05, 4.69) is 14.8 Å². The number of rotatable bonds is 11. The van der Waals surface area contributed by atoms with Gasteiger partial charge in [-0.2, -0.15) is 13.2 Å². The van der Waals surface area contributed by atoms with Gasteiger partial charge in [-0.25, -0.2) is 17.9 Å². The molecule has 164 valence electrons. The number of unbranched alkanes of at least 4 members (excludes halogenated alkanes) is 2. The molecule has 0 aromatic carbocycles. The number of alkyl halides is 3. The molecule has 1 saturated heterocycles. The van der Waals surface area contributed by atoms with Crippen molar-refractivity contribution in [2.75, 3.05) is 25.4 Å². The van der Waals surface area contributed by atoms with Crippen molar-refractivity contribution in [1.82, 2.24) is 14.9 Å². The molecule has 3 amide bonds. The van der Waals surface area contributed by atoms with E-state index in [9.17, 15) is 31.2 Å². The van der Waals surface area contributed by atoms with Crippen LogP contribution in [0.3, 0.4) is 0 Å². The third-order valence-corrected chi connectivity index (χ3v) is 5.53. The van der Waals surface area contributed by atoms with Crippen LogP contribution in [0.15, 0.2) is 16.7 Å². The van der Waals surface area contributed by atoms with E-state index in [4.69, 9.17) is 4.42 Å². The lowest BCUT2D eigenvalue weighted by Crippen LogP contribution is -2.30. The van der Waals surface area contributed by atoms with E-state index in [0.29, 0.717) is 25.8 Å². The van der Waals surface area contributed by atoms with Gasteiger partial charge in [0.15, 0.2) is 12.4 Å². The van der Waals surface area contributed by atoms with Crippen LogP contribution in [0.4, 0.5) is 18.0 Å². The number of urea groups is 1. The Morgan fingerprint density at radius 1 is 1.31 bits per heavy atom. The maximum atomic E-state index is 12.1. The first-order chi connectivity index (χ1) is 13.5. The van der Waals surface area contributed by atoms with Crippen LogP contribution in [-0.2, 0) is 14.8 Å². The number of carbonyl (C=O) groups is 2. The van der Waals surface area contributed by atoms with Crippen LogP contribution in [0.25, 0.3) is 0 Å². The zero-order chi connectivity index (χ0) is 21.7. The maximum Gasteiger partial charge on any atom is 0.422 e. The molecule has 2 heterocycles. The average molecular weight is 441 g/mol. The summed E-state index contributed by atoms with van der Waals surface area (Å²) < 4.78 is 72.7. The minimum atomic E-state index is -4.49. The fourth-order valence-electron chi connectivity index (χ4n) is 2.62. The van der Waals surface area contributed by atoms with Gasteiger partial charge in [0.05, 0.1) is 11.8 Å². The van der Waals surface area contributed by atoms with Gasteiger partial charge in [-0.3, -0.25) is 10.1 Å². The summed E-state index contributed by atoms with van der Waals surface area (Å²) in [4.78, 5) is 23.8. The SMILES string of the molecule is C[C@@H](NS(=O)(=O)CCCCCN1CC(=O)NC1=O)c1cc(OCC(F)(F)F)co1. The fraction of sp³-hybridized carbons (Fsp3) is 0.625. The number of furan rings is 1. The molecule has 1 aromatic rings. The Morgan fingerprint density at radius 3 is 2.66 bits per heavy atom. The van der Waals surface area contributed by atoms with E-state index in [1.807, 2.05) is 0 Å². The second-order valence-corrected chi connectivity index (χ2v) is 8.46. The molecular weight excluding hydrogens is 419 g/mol. The number of nitrogens with zero attached hydrogens (tertiary/aromatic N) is 1. The lowest BCUT2D eigenvalue weighted by Gasteiger charge is -2.13. The number of nitrogens with one attached hydrogen (secondary N) is 2. The predicted octanol–water partition coefficient (Wildman–Crippen LogP) is 1.92. The number of hydrogen-bond acceptors (Lipinski definition) is 6. The Balaban J connectivity index is 1.71. The highest BCUT2D eigenvalue weighted by Gasteiger charge is 2.29. The lowest BCUT2D eigenvalue weighted by molar-refractivity contribution is -0.153. The van der Waals surface area contributed by atoms with E-state index < -0.39 is 34.9 Å². The molecule has 1 atom stereocenters. The maximum absolute atomic E-state index is 12.1. The van der Waals surface area contributed by atoms with Crippen molar-refractivity contribution >= 4 is 22.0 Å². The van der Waals surface area contributed by atoms with Crippen molar-refractivity contribution in [3.63, 3.8) is 0 Å². The Bertz CT molecular complexity index is 824. The molecule has 0 saturated carbocycles. The topological polar surface area (TPSA) is 118 Å². The molecule has 1 aliphatic rings. The van der Waals surface area contributed by atoms with Gasteiger partial charge in [0.25, 0.3) is 0 Å². The fourth-order valence-corrected chi connectivity index (χ4v) is 3.98. The summed E-state index contributed by atoms with van der Waals surface area (Å²) in [5.74, 6) is -0.551. The number of ether oxygens (including phenoxy) is 1. The van der Waals surface area contributed by atoms with Gasteiger partial charge in [-0.15, -0.1) is 0 Å². The minimum Gasteiger partial charge on any atom is -0.481 e. The number of halogens is 3. The van der Waals surface area contributed by atoms with Gasteiger partial charge in [-0.05, 0) is 19.8 Å². The molecule has 0 spiro atoms. The number of amides is 3. The molecule has 0 aliphatic carbocycles. The molecule has 1 fully saturated rings. The van der Waals surface area contributed by atoms with Crippen LogP contribution >= 0.6 is 0 Å². The first kappa shape index (κ1) is 23.0. The van der Waals surface area contributed by atoms with E-state index in [1.165, 1.54) is 17.9 Å². The molecule has 2 rings (SSSR count). The van der Waals surface area contributed by atoms with E-state index in [1.54, 1.807) is 0 Å². The first-order valence-corrected chi connectivity index (χ1v) is 10.5. The molecule has 13 heteroatoms. The molecule has 1 aliphatic heterocycles. The second-order valence-electron chi connectivity index (χ2n) is 6.58. The van der Waals surface area contributed by atoms with Crippen LogP contribution in [0.1, 0.15) is 38.0 Å². The smallest absolute Gasteiger partial charge is 0.422 e. The lowest BCUT2D eigenvalue weighted by atomic mass is 10.2. The van der Waals surface area contributed by atoms with Crippen LogP contribution in [0.5, 0.6) is 5.75 Å². The Kier molecular flexibility index (Phi) is 7.52. The highest BCUT2D eigenvalue weighted by atomic mass is 32.2. The molecule has 2 N–H and O–H groups in total. The first-order valence-electron chi connectivity index (χ1n) is 8.82. The molecule has 29 heavy (non-hydrogen) atoms. The largest absolute Gasteiger partial charge is 0.481 e. The van der Waals surface area contributed by atoms with E-state index >= 15 is 0 Å². The standard InChI is InChI=1S/C16H22F3N3O6S/c1-11(13-7-12(9-27-13)28-10-16(17,18)19)21-29(25,26)6-4-2-3-5-22-8-14(23)20-15(22)24/h7,9,11,21H,2-6,8,10H2,1H3,(H,20,23,24)/t11-/m1/s1. The normalized spacial score (nSPS) is 16.2. The summed E-state index contributed by atoms with van der Waals surface area (Å²) in [6, 6.07) is -0.0425. The third-order valence-electron chi connectivity index (χ3n) is 3.99. The van der Waals surface area contributed by atoms with Crippen LogP contribution < -0.4 is 14.8 Å². The van der Waals surface area contributed by atoms with Crippen LogP contribution in [-0.4, -0.2) is 56.9 Å². The van der Waals surface area contributed by atoms with Gasteiger partial charge in [0.2, 0.25) is 15.9 Å². The van der Waals surface area contributed by atoms with Crippen molar-refractivity contribution in [2.45, 2.75) is 38.4 Å². The monoisotopic (exact) mass is 441 g/mol. The Labute approximate surface area is 165 Å². The molecule has 9 nitrogen and oxygen atoms in total. The quantitative estimate of drug-likeness (QED) is 0.400. The summed E-state index contributed by atoms with van der Waals surface area (Å²) in [5, 5.41) is 2.15. The number of carbonyl (C=O) groups excluding carboxylic acids is 2. The summed E-state index contributed by atoms with van der Waals surface area (Å²) in [5.41, 5.74) is 0. The Hall–Kier alpha value is -2.28.